The van der Waals surface area contributed by atoms with Gasteiger partial charge in [-0.2, -0.15) is 0 Å². The van der Waals surface area contributed by atoms with Crippen LogP contribution >= 0.6 is 0 Å². The Kier molecular flexibility index (Phi) is 64.9. The van der Waals surface area contributed by atoms with Gasteiger partial charge in [-0.1, -0.05) is 320 Å². The van der Waals surface area contributed by atoms with Gasteiger partial charge < -0.3 is 20.3 Å². The van der Waals surface area contributed by atoms with Gasteiger partial charge >= 0.3 is 5.97 Å². The van der Waals surface area contributed by atoms with Gasteiger partial charge in [0, 0.05) is 12.8 Å². The van der Waals surface area contributed by atoms with Crippen LogP contribution in [0.2, 0.25) is 0 Å². The van der Waals surface area contributed by atoms with Gasteiger partial charge in [-0.3, -0.25) is 9.59 Å². The summed E-state index contributed by atoms with van der Waals surface area (Å²) >= 11 is 0. The van der Waals surface area contributed by atoms with Crippen molar-refractivity contribution in [2.75, 3.05) is 13.2 Å². The van der Waals surface area contributed by atoms with E-state index in [-0.39, 0.29) is 18.5 Å². The lowest BCUT2D eigenvalue weighted by molar-refractivity contribution is -0.143. The number of ether oxygens (including phenoxy) is 1. The number of hydrogen-bond donors (Lipinski definition) is 3. The average molecular weight is 1080 g/mol. The zero-order chi connectivity index (χ0) is 55.7. The summed E-state index contributed by atoms with van der Waals surface area (Å²) in [5.41, 5.74) is 0. The fourth-order valence-electron chi connectivity index (χ4n) is 10.8. The number of carbonyl (C=O) groups is 2. The zero-order valence-corrected chi connectivity index (χ0v) is 52.0. The molecule has 0 fully saturated rings. The summed E-state index contributed by atoms with van der Waals surface area (Å²) < 4.78 is 5.48. The summed E-state index contributed by atoms with van der Waals surface area (Å²) in [6, 6.07) is -0.635. The topological polar surface area (TPSA) is 95.9 Å². The number of carbonyl (C=O) groups excluding carboxylic acids is 2. The minimum atomic E-state index is -0.851. The lowest BCUT2D eigenvalue weighted by Gasteiger charge is -2.20. The van der Waals surface area contributed by atoms with E-state index in [2.05, 4.69) is 43.5 Å². The van der Waals surface area contributed by atoms with E-state index < -0.39 is 12.1 Å². The minimum absolute atomic E-state index is 0.00197. The van der Waals surface area contributed by atoms with Gasteiger partial charge in [0.2, 0.25) is 5.91 Å². The van der Waals surface area contributed by atoms with Crippen LogP contribution in [0.4, 0.5) is 0 Å². The molecule has 0 aromatic heterocycles. The van der Waals surface area contributed by atoms with E-state index >= 15 is 0 Å². The molecule has 3 N–H and O–H groups in total. The predicted molar refractivity (Wildman–Crippen MR) is 338 cm³/mol. The summed E-state index contributed by atoms with van der Waals surface area (Å²) in [7, 11) is 0. The van der Waals surface area contributed by atoms with Crippen molar-refractivity contribution in [3.63, 3.8) is 0 Å². The van der Waals surface area contributed by atoms with E-state index in [1.165, 1.54) is 302 Å². The van der Waals surface area contributed by atoms with Gasteiger partial charge in [0.25, 0.3) is 0 Å². The van der Waals surface area contributed by atoms with Crippen molar-refractivity contribution in [2.45, 2.75) is 392 Å². The molecule has 2 unspecified atom stereocenters. The number of aliphatic hydroxyl groups excluding tert-OH is 2. The molecule has 0 spiro atoms. The van der Waals surface area contributed by atoms with Crippen LogP contribution in [-0.4, -0.2) is 47.4 Å². The molecule has 454 valence electrons. The lowest BCUT2D eigenvalue weighted by Crippen LogP contribution is -2.45. The number of amides is 1. The second-order valence-corrected chi connectivity index (χ2v) is 23.9. The molecule has 0 aromatic carbocycles. The summed E-state index contributed by atoms with van der Waals surface area (Å²) in [5, 5.41) is 23.3. The molecule has 0 aliphatic rings. The Balaban J connectivity index is 3.45. The fraction of sp³-hybridized carbons (Fsp3) is 0.887. The number of unbranched alkanes of at least 4 members (excludes halogenated alkanes) is 50. The lowest BCUT2D eigenvalue weighted by atomic mass is 10.0. The number of rotatable bonds is 65. The fourth-order valence-corrected chi connectivity index (χ4v) is 10.8. The number of hydrogen-bond acceptors (Lipinski definition) is 5. The predicted octanol–water partition coefficient (Wildman–Crippen LogP) is 22.3. The van der Waals surface area contributed by atoms with E-state index in [4.69, 9.17) is 4.74 Å². The maximum absolute atomic E-state index is 12.5. The summed E-state index contributed by atoms with van der Waals surface area (Å²) in [6.45, 7) is 4.92. The Morgan fingerprint density at radius 2 is 0.610 bits per heavy atom. The second-order valence-electron chi connectivity index (χ2n) is 23.9. The average Bonchev–Trinajstić information content (AvgIpc) is 3.43. The van der Waals surface area contributed by atoms with Crippen molar-refractivity contribution in [3.05, 3.63) is 36.5 Å². The maximum Gasteiger partial charge on any atom is 0.305 e. The van der Waals surface area contributed by atoms with Gasteiger partial charge in [0.15, 0.2) is 0 Å². The molecule has 0 heterocycles. The third-order valence-corrected chi connectivity index (χ3v) is 16.1. The molecule has 0 radical (unpaired) electrons. The molecule has 2 atom stereocenters. The first kappa shape index (κ1) is 75.1. The molecular weight excluding hydrogens is 947 g/mol. The Hall–Kier alpha value is -1.92. The molecule has 1 amide bonds. The number of esters is 1. The first-order chi connectivity index (χ1) is 38.0. The van der Waals surface area contributed by atoms with Crippen LogP contribution in [0.15, 0.2) is 36.5 Å². The van der Waals surface area contributed by atoms with Crippen LogP contribution in [0.5, 0.6) is 0 Å². The highest BCUT2D eigenvalue weighted by molar-refractivity contribution is 5.76. The zero-order valence-electron chi connectivity index (χ0n) is 52.0. The molecule has 0 aliphatic heterocycles. The normalized spacial score (nSPS) is 12.7. The van der Waals surface area contributed by atoms with Crippen molar-refractivity contribution in [1.29, 1.82) is 0 Å². The van der Waals surface area contributed by atoms with E-state index in [1.807, 2.05) is 6.08 Å². The van der Waals surface area contributed by atoms with Crippen LogP contribution < -0.4 is 5.32 Å². The Labute approximate surface area is 481 Å². The first-order valence-electron chi connectivity index (χ1n) is 34.8. The van der Waals surface area contributed by atoms with E-state index in [9.17, 15) is 19.8 Å². The summed E-state index contributed by atoms with van der Waals surface area (Å²) in [6.07, 6.45) is 85.0. The van der Waals surface area contributed by atoms with Crippen LogP contribution in [0.25, 0.3) is 0 Å². The van der Waals surface area contributed by atoms with Gasteiger partial charge in [0.1, 0.15) is 0 Å². The summed E-state index contributed by atoms with van der Waals surface area (Å²) in [4.78, 5) is 24.6. The monoisotopic (exact) mass is 1080 g/mol. The highest BCUT2D eigenvalue weighted by atomic mass is 16.5. The number of allylic oxidation sites excluding steroid dienone is 5. The Bertz CT molecular complexity index is 1250. The highest BCUT2D eigenvalue weighted by Gasteiger charge is 2.18. The molecule has 0 saturated heterocycles. The molecule has 77 heavy (non-hydrogen) atoms. The van der Waals surface area contributed by atoms with E-state index in [1.54, 1.807) is 6.08 Å². The van der Waals surface area contributed by atoms with E-state index in [0.29, 0.717) is 19.4 Å². The summed E-state index contributed by atoms with van der Waals surface area (Å²) in [5.74, 6) is -0.0696. The van der Waals surface area contributed by atoms with Crippen LogP contribution in [0, 0.1) is 0 Å². The standard InChI is InChI=1S/C71H135NO5/c1-3-5-7-9-11-13-15-17-19-20-21-22-23-26-29-32-36-39-43-47-51-55-59-63-69(74)68(67-73)72-70(75)64-60-56-52-48-44-40-37-33-30-27-24-25-28-31-34-38-42-46-50-54-58-62-66-77-71(76)65-61-57-53-49-45-41-35-18-16-14-12-10-8-6-4-2/h18,27,30,35,59,63,68-69,73-74H,3-17,19-26,28-29,31-34,36-58,60-62,64-67H2,1-2H3,(H,72,75)/b30-27-,35-18-,63-59+. The largest absolute Gasteiger partial charge is 0.466 e. The van der Waals surface area contributed by atoms with Gasteiger partial charge in [-0.05, 0) is 83.5 Å². The smallest absolute Gasteiger partial charge is 0.305 e. The second kappa shape index (κ2) is 66.6. The molecule has 6 heteroatoms. The molecule has 0 aromatic rings. The third-order valence-electron chi connectivity index (χ3n) is 16.1. The van der Waals surface area contributed by atoms with E-state index in [0.717, 1.165) is 51.4 Å². The Morgan fingerprint density at radius 3 is 0.922 bits per heavy atom. The Morgan fingerprint density at radius 1 is 0.351 bits per heavy atom. The molecule has 0 aliphatic carbocycles. The number of aliphatic hydroxyl groups is 2. The van der Waals surface area contributed by atoms with Crippen LogP contribution in [-0.2, 0) is 14.3 Å². The first-order valence-corrected chi connectivity index (χ1v) is 34.8. The SMILES string of the molecule is CCCCCCCC/C=C\CCCCCCCC(=O)OCCCCCCCCCCCCC/C=C\CCCCCCCCCC(=O)NC(CO)C(O)/C=C/CCCCCCCCCCCCCCCCCCCCCCC. The highest BCUT2D eigenvalue weighted by Crippen LogP contribution is 2.18. The number of nitrogens with one attached hydrogen (secondary N) is 1. The molecule has 0 rings (SSSR count). The van der Waals surface area contributed by atoms with Crippen molar-refractivity contribution in [1.82, 2.24) is 5.32 Å². The molecule has 0 bridgehead atoms. The molecule has 0 saturated carbocycles. The van der Waals surface area contributed by atoms with Gasteiger partial charge in [-0.25, -0.2) is 0 Å². The van der Waals surface area contributed by atoms with Crippen LogP contribution in [0.1, 0.15) is 380 Å². The van der Waals surface area contributed by atoms with Crippen molar-refractivity contribution >= 4 is 11.9 Å². The van der Waals surface area contributed by atoms with Gasteiger partial charge in [0.05, 0.1) is 25.4 Å². The van der Waals surface area contributed by atoms with Crippen LogP contribution in [0.3, 0.4) is 0 Å². The molecule has 6 nitrogen and oxygen atoms in total. The van der Waals surface area contributed by atoms with Crippen molar-refractivity contribution in [2.24, 2.45) is 0 Å². The quantitative estimate of drug-likeness (QED) is 0.0320. The maximum atomic E-state index is 12.5. The van der Waals surface area contributed by atoms with Crippen molar-refractivity contribution < 1.29 is 24.5 Å². The van der Waals surface area contributed by atoms with Crippen molar-refractivity contribution in [3.8, 4) is 0 Å². The minimum Gasteiger partial charge on any atom is -0.466 e. The third kappa shape index (κ3) is 63.1. The molecular formula is C71H135NO5. The van der Waals surface area contributed by atoms with Gasteiger partial charge in [-0.15, -0.1) is 0 Å².